The SMILES string of the molecule is O=C(C=Cc1ccccc1N1CCN(c2ccccc2)C1=O)NO. The Morgan fingerprint density at radius 1 is 1.00 bits per heavy atom. The number of hydroxylamine groups is 1. The molecule has 1 heterocycles. The van der Waals surface area contributed by atoms with Gasteiger partial charge in [0.15, 0.2) is 0 Å². The van der Waals surface area contributed by atoms with E-state index in [0.717, 1.165) is 16.9 Å². The number of para-hydroxylation sites is 2. The molecule has 0 unspecified atom stereocenters. The molecule has 3 amide bonds. The van der Waals surface area contributed by atoms with Crippen LogP contribution in [-0.2, 0) is 4.79 Å². The quantitative estimate of drug-likeness (QED) is 0.516. The fourth-order valence-electron chi connectivity index (χ4n) is 2.68. The van der Waals surface area contributed by atoms with Crippen molar-refractivity contribution in [2.45, 2.75) is 0 Å². The molecule has 3 rings (SSSR count). The fourth-order valence-corrected chi connectivity index (χ4v) is 2.68. The highest BCUT2D eigenvalue weighted by Crippen LogP contribution is 2.28. The van der Waals surface area contributed by atoms with Crippen molar-refractivity contribution >= 4 is 29.4 Å². The molecule has 0 radical (unpaired) electrons. The molecule has 24 heavy (non-hydrogen) atoms. The molecule has 0 spiro atoms. The summed E-state index contributed by atoms with van der Waals surface area (Å²) in [5, 5.41) is 8.57. The van der Waals surface area contributed by atoms with Gasteiger partial charge in [0.2, 0.25) is 0 Å². The van der Waals surface area contributed by atoms with E-state index in [-0.39, 0.29) is 6.03 Å². The second kappa shape index (κ2) is 6.97. The lowest BCUT2D eigenvalue weighted by molar-refractivity contribution is -0.124. The number of nitrogens with one attached hydrogen (secondary N) is 1. The van der Waals surface area contributed by atoms with Crippen LogP contribution in [0.2, 0.25) is 0 Å². The monoisotopic (exact) mass is 323 g/mol. The van der Waals surface area contributed by atoms with Crippen LogP contribution in [0, 0.1) is 0 Å². The molecule has 2 aromatic rings. The molecule has 0 aromatic heterocycles. The summed E-state index contributed by atoms with van der Waals surface area (Å²) < 4.78 is 0. The third kappa shape index (κ3) is 3.13. The standard InChI is InChI=1S/C18H17N3O3/c22-17(19-24)11-10-14-6-4-5-9-16(14)21-13-12-20(18(21)23)15-7-2-1-3-8-15/h1-11,24H,12-13H2,(H,19,22). The van der Waals surface area contributed by atoms with E-state index in [1.54, 1.807) is 21.4 Å². The van der Waals surface area contributed by atoms with Gasteiger partial charge in [0.1, 0.15) is 0 Å². The molecule has 6 nitrogen and oxygen atoms in total. The number of benzene rings is 2. The maximum absolute atomic E-state index is 12.8. The molecule has 1 aliphatic heterocycles. The van der Waals surface area contributed by atoms with E-state index in [1.165, 1.54) is 6.08 Å². The van der Waals surface area contributed by atoms with E-state index >= 15 is 0 Å². The average Bonchev–Trinajstić information content (AvgIpc) is 3.02. The number of amides is 3. The van der Waals surface area contributed by atoms with Crippen molar-refractivity contribution in [3.05, 3.63) is 66.2 Å². The Labute approximate surface area is 139 Å². The topological polar surface area (TPSA) is 72.9 Å². The number of anilines is 2. The minimum absolute atomic E-state index is 0.103. The molecule has 1 fully saturated rings. The van der Waals surface area contributed by atoms with E-state index in [0.29, 0.717) is 13.1 Å². The van der Waals surface area contributed by atoms with Crippen LogP contribution in [-0.4, -0.2) is 30.2 Å². The maximum Gasteiger partial charge on any atom is 0.329 e. The number of hydrogen-bond donors (Lipinski definition) is 2. The summed E-state index contributed by atoms with van der Waals surface area (Å²) in [6, 6.07) is 16.7. The van der Waals surface area contributed by atoms with Gasteiger partial charge >= 0.3 is 6.03 Å². The third-order valence-corrected chi connectivity index (χ3v) is 3.83. The first-order chi connectivity index (χ1) is 11.7. The molecule has 6 heteroatoms. The van der Waals surface area contributed by atoms with Crippen LogP contribution in [0.25, 0.3) is 6.08 Å². The Morgan fingerprint density at radius 2 is 1.67 bits per heavy atom. The van der Waals surface area contributed by atoms with Crippen molar-refractivity contribution in [3.63, 3.8) is 0 Å². The van der Waals surface area contributed by atoms with Crippen molar-refractivity contribution in [1.29, 1.82) is 0 Å². The molecule has 2 N–H and O–H groups in total. The zero-order chi connectivity index (χ0) is 16.9. The highest BCUT2D eigenvalue weighted by atomic mass is 16.5. The summed E-state index contributed by atoms with van der Waals surface area (Å²) in [6.45, 7) is 1.16. The van der Waals surface area contributed by atoms with Crippen molar-refractivity contribution in [2.75, 3.05) is 22.9 Å². The van der Waals surface area contributed by atoms with Gasteiger partial charge in [-0.3, -0.25) is 19.8 Å². The summed E-state index contributed by atoms with van der Waals surface area (Å²) in [5.74, 6) is -0.622. The van der Waals surface area contributed by atoms with Gasteiger partial charge in [-0.05, 0) is 29.8 Å². The molecular formula is C18H17N3O3. The molecule has 0 aliphatic carbocycles. The summed E-state index contributed by atoms with van der Waals surface area (Å²) in [4.78, 5) is 27.4. The number of rotatable bonds is 4. The number of nitrogens with zero attached hydrogens (tertiary/aromatic N) is 2. The molecule has 2 aromatic carbocycles. The summed E-state index contributed by atoms with van der Waals surface area (Å²) in [5.41, 5.74) is 3.86. The molecule has 1 saturated heterocycles. The van der Waals surface area contributed by atoms with E-state index in [9.17, 15) is 9.59 Å². The molecule has 122 valence electrons. The van der Waals surface area contributed by atoms with Crippen LogP contribution in [0.4, 0.5) is 16.2 Å². The van der Waals surface area contributed by atoms with Gasteiger partial charge in [0.05, 0.1) is 5.69 Å². The van der Waals surface area contributed by atoms with Gasteiger partial charge in [0.25, 0.3) is 5.91 Å². The molecule has 1 aliphatic rings. The predicted octanol–water partition coefficient (Wildman–Crippen LogP) is 2.65. The first kappa shape index (κ1) is 15.8. The fraction of sp³-hybridized carbons (Fsp3) is 0.111. The Balaban J connectivity index is 1.87. The largest absolute Gasteiger partial charge is 0.329 e. The minimum atomic E-state index is -0.622. The van der Waals surface area contributed by atoms with Gasteiger partial charge in [-0.2, -0.15) is 0 Å². The average molecular weight is 323 g/mol. The van der Waals surface area contributed by atoms with Crippen LogP contribution in [0.5, 0.6) is 0 Å². The lowest BCUT2D eigenvalue weighted by Gasteiger charge is -2.20. The van der Waals surface area contributed by atoms with Crippen LogP contribution >= 0.6 is 0 Å². The number of hydrogen-bond acceptors (Lipinski definition) is 3. The summed E-state index contributed by atoms with van der Waals surface area (Å²) in [6.07, 6.45) is 2.79. The zero-order valence-electron chi connectivity index (χ0n) is 12.9. The Bertz CT molecular complexity index is 774. The molecule has 0 bridgehead atoms. The smallest absolute Gasteiger partial charge is 0.292 e. The van der Waals surface area contributed by atoms with Gasteiger partial charge in [-0.25, -0.2) is 10.3 Å². The van der Waals surface area contributed by atoms with E-state index in [4.69, 9.17) is 5.21 Å². The number of carbonyl (C=O) groups is 2. The second-order valence-electron chi connectivity index (χ2n) is 5.29. The summed E-state index contributed by atoms with van der Waals surface area (Å²) in [7, 11) is 0. The second-order valence-corrected chi connectivity index (χ2v) is 5.29. The number of urea groups is 1. The Morgan fingerprint density at radius 3 is 2.42 bits per heavy atom. The molecule has 0 saturated carbocycles. The van der Waals surface area contributed by atoms with Crippen molar-refractivity contribution < 1.29 is 14.8 Å². The van der Waals surface area contributed by atoms with E-state index < -0.39 is 5.91 Å². The molecule has 0 atom stereocenters. The highest BCUT2D eigenvalue weighted by Gasteiger charge is 2.31. The van der Waals surface area contributed by atoms with E-state index in [2.05, 4.69) is 0 Å². The van der Waals surface area contributed by atoms with Crippen molar-refractivity contribution in [3.8, 4) is 0 Å². The van der Waals surface area contributed by atoms with E-state index in [1.807, 2.05) is 54.6 Å². The maximum atomic E-state index is 12.8. The Hall–Kier alpha value is -3.12. The van der Waals surface area contributed by atoms with Crippen LogP contribution < -0.4 is 15.3 Å². The Kier molecular flexibility index (Phi) is 4.58. The first-order valence-corrected chi connectivity index (χ1v) is 7.56. The zero-order valence-corrected chi connectivity index (χ0v) is 12.9. The molecular weight excluding hydrogens is 306 g/mol. The van der Waals surface area contributed by atoms with Crippen molar-refractivity contribution in [1.82, 2.24) is 5.48 Å². The van der Waals surface area contributed by atoms with Crippen LogP contribution in [0.3, 0.4) is 0 Å². The third-order valence-electron chi connectivity index (χ3n) is 3.83. The highest BCUT2D eigenvalue weighted by molar-refractivity contribution is 6.07. The summed E-state index contributed by atoms with van der Waals surface area (Å²) >= 11 is 0. The predicted molar refractivity (Wildman–Crippen MR) is 91.9 cm³/mol. The minimum Gasteiger partial charge on any atom is -0.292 e. The van der Waals surface area contributed by atoms with Crippen LogP contribution in [0.1, 0.15) is 5.56 Å². The van der Waals surface area contributed by atoms with Gasteiger partial charge < -0.3 is 0 Å². The van der Waals surface area contributed by atoms with Gasteiger partial charge in [0, 0.05) is 24.9 Å². The van der Waals surface area contributed by atoms with Crippen LogP contribution in [0.15, 0.2) is 60.7 Å². The normalized spacial score (nSPS) is 14.5. The first-order valence-electron chi connectivity index (χ1n) is 7.56. The lowest BCUT2D eigenvalue weighted by atomic mass is 10.1. The van der Waals surface area contributed by atoms with Gasteiger partial charge in [-0.15, -0.1) is 0 Å². The van der Waals surface area contributed by atoms with Crippen molar-refractivity contribution in [2.24, 2.45) is 0 Å². The number of carbonyl (C=O) groups excluding carboxylic acids is 2. The van der Waals surface area contributed by atoms with Gasteiger partial charge in [-0.1, -0.05) is 36.4 Å². The lowest BCUT2D eigenvalue weighted by Crippen LogP contribution is -2.32.